The zero-order valence-corrected chi connectivity index (χ0v) is 13.7. The van der Waals surface area contributed by atoms with Gasteiger partial charge in [-0.25, -0.2) is 0 Å². The van der Waals surface area contributed by atoms with Gasteiger partial charge in [-0.3, -0.25) is 4.79 Å². The molecule has 1 amide bonds. The van der Waals surface area contributed by atoms with Gasteiger partial charge in [0.2, 0.25) is 0 Å². The van der Waals surface area contributed by atoms with Gasteiger partial charge < -0.3 is 14.5 Å². The van der Waals surface area contributed by atoms with Crippen molar-refractivity contribution >= 4 is 17.5 Å². The van der Waals surface area contributed by atoms with Gasteiger partial charge in [0.25, 0.3) is 5.91 Å². The second kappa shape index (κ2) is 7.25. The highest BCUT2D eigenvalue weighted by atomic mass is 35.5. The molecule has 1 atom stereocenters. The Morgan fingerprint density at radius 1 is 1.48 bits per heavy atom. The molecule has 0 aliphatic carbocycles. The molecule has 1 fully saturated rings. The van der Waals surface area contributed by atoms with Crippen molar-refractivity contribution in [3.63, 3.8) is 0 Å². The van der Waals surface area contributed by atoms with E-state index in [2.05, 4.69) is 4.90 Å². The SMILES string of the molecule is Cc1ccc(Cl)cc1C(=O)N1CCOCC(CN(C)C)C1. The first-order chi connectivity index (χ1) is 9.97. The molecule has 0 bridgehead atoms. The number of ether oxygens (including phenoxy) is 1. The third-order valence-corrected chi connectivity index (χ3v) is 3.91. The van der Waals surface area contributed by atoms with E-state index in [1.807, 2.05) is 38.1 Å². The summed E-state index contributed by atoms with van der Waals surface area (Å²) in [5, 5.41) is 0.597. The lowest BCUT2D eigenvalue weighted by atomic mass is 10.1. The van der Waals surface area contributed by atoms with Gasteiger partial charge in [0.15, 0.2) is 0 Å². The summed E-state index contributed by atoms with van der Waals surface area (Å²) >= 11 is 6.03. The Balaban J connectivity index is 2.14. The number of halogens is 1. The lowest BCUT2D eigenvalue weighted by Gasteiger charge is -2.26. The summed E-state index contributed by atoms with van der Waals surface area (Å²) in [7, 11) is 4.08. The van der Waals surface area contributed by atoms with Crippen LogP contribution in [0.1, 0.15) is 15.9 Å². The second-order valence-corrected chi connectivity index (χ2v) is 6.35. The largest absolute Gasteiger partial charge is 0.379 e. The van der Waals surface area contributed by atoms with Gasteiger partial charge in [-0.05, 0) is 38.7 Å². The summed E-state index contributed by atoms with van der Waals surface area (Å²) in [6.07, 6.45) is 0. The van der Waals surface area contributed by atoms with E-state index < -0.39 is 0 Å². The van der Waals surface area contributed by atoms with E-state index in [4.69, 9.17) is 16.3 Å². The zero-order chi connectivity index (χ0) is 15.4. The fourth-order valence-corrected chi connectivity index (χ4v) is 2.86. The Morgan fingerprint density at radius 3 is 2.95 bits per heavy atom. The molecule has 0 saturated carbocycles. The fraction of sp³-hybridized carbons (Fsp3) is 0.562. The summed E-state index contributed by atoms with van der Waals surface area (Å²) < 4.78 is 5.63. The third kappa shape index (κ3) is 4.43. The van der Waals surface area contributed by atoms with Crippen molar-refractivity contribution in [2.24, 2.45) is 5.92 Å². The lowest BCUT2D eigenvalue weighted by molar-refractivity contribution is 0.0734. The number of aryl methyl sites for hydroxylation is 1. The molecule has 1 aromatic carbocycles. The third-order valence-electron chi connectivity index (χ3n) is 3.68. The minimum absolute atomic E-state index is 0.0456. The van der Waals surface area contributed by atoms with Crippen LogP contribution < -0.4 is 0 Å². The summed E-state index contributed by atoms with van der Waals surface area (Å²) in [5.74, 6) is 0.384. The van der Waals surface area contributed by atoms with Crippen molar-refractivity contribution in [1.29, 1.82) is 0 Å². The van der Waals surface area contributed by atoms with Crippen LogP contribution in [0.2, 0.25) is 5.02 Å². The first-order valence-electron chi connectivity index (χ1n) is 7.25. The highest BCUT2D eigenvalue weighted by molar-refractivity contribution is 6.31. The Labute approximate surface area is 131 Å². The Hall–Kier alpha value is -1.10. The molecule has 1 aliphatic heterocycles. The fourth-order valence-electron chi connectivity index (χ4n) is 2.69. The molecule has 0 radical (unpaired) electrons. The zero-order valence-electron chi connectivity index (χ0n) is 12.9. The van der Waals surface area contributed by atoms with Crippen LogP contribution in [0.25, 0.3) is 0 Å². The van der Waals surface area contributed by atoms with Crippen LogP contribution in [0.3, 0.4) is 0 Å². The molecule has 0 spiro atoms. The molecule has 0 N–H and O–H groups in total. The highest BCUT2D eigenvalue weighted by Crippen LogP contribution is 2.19. The van der Waals surface area contributed by atoms with Crippen LogP contribution in [-0.4, -0.2) is 62.7 Å². The molecule has 2 rings (SSSR count). The van der Waals surface area contributed by atoms with E-state index in [1.54, 1.807) is 6.07 Å². The summed E-state index contributed by atoms with van der Waals surface area (Å²) in [6, 6.07) is 5.46. The smallest absolute Gasteiger partial charge is 0.254 e. The van der Waals surface area contributed by atoms with Gasteiger partial charge in [-0.15, -0.1) is 0 Å². The lowest BCUT2D eigenvalue weighted by Crippen LogP contribution is -2.38. The van der Waals surface area contributed by atoms with E-state index in [0.29, 0.717) is 36.3 Å². The minimum Gasteiger partial charge on any atom is -0.379 e. The maximum Gasteiger partial charge on any atom is 0.254 e. The van der Waals surface area contributed by atoms with Crippen LogP contribution in [0, 0.1) is 12.8 Å². The highest BCUT2D eigenvalue weighted by Gasteiger charge is 2.24. The van der Waals surface area contributed by atoms with Gasteiger partial charge in [0, 0.05) is 36.1 Å². The van der Waals surface area contributed by atoms with Crippen molar-refractivity contribution in [2.75, 3.05) is 46.9 Å². The van der Waals surface area contributed by atoms with Crippen LogP contribution in [0.4, 0.5) is 0 Å². The number of benzene rings is 1. The molecule has 0 aromatic heterocycles. The van der Waals surface area contributed by atoms with Gasteiger partial charge in [0.05, 0.1) is 13.2 Å². The number of carbonyl (C=O) groups excluding carboxylic acids is 1. The molecule has 1 heterocycles. The molecule has 5 heteroatoms. The molecule has 1 saturated heterocycles. The van der Waals surface area contributed by atoms with E-state index in [1.165, 1.54) is 0 Å². The van der Waals surface area contributed by atoms with Crippen molar-refractivity contribution in [2.45, 2.75) is 6.92 Å². The Morgan fingerprint density at radius 2 is 2.24 bits per heavy atom. The van der Waals surface area contributed by atoms with E-state index in [-0.39, 0.29) is 5.91 Å². The normalized spacial score (nSPS) is 19.7. The maximum atomic E-state index is 12.8. The minimum atomic E-state index is 0.0456. The molecular weight excluding hydrogens is 288 g/mol. The van der Waals surface area contributed by atoms with Gasteiger partial charge in [0.1, 0.15) is 0 Å². The van der Waals surface area contributed by atoms with Crippen LogP contribution in [0.5, 0.6) is 0 Å². The number of hydrogen-bond donors (Lipinski definition) is 0. The quantitative estimate of drug-likeness (QED) is 0.859. The molecule has 4 nitrogen and oxygen atoms in total. The monoisotopic (exact) mass is 310 g/mol. The van der Waals surface area contributed by atoms with Crippen LogP contribution in [0.15, 0.2) is 18.2 Å². The first kappa shape index (κ1) is 16.3. The number of nitrogens with zero attached hydrogens (tertiary/aromatic N) is 2. The van der Waals surface area contributed by atoms with E-state index in [9.17, 15) is 4.79 Å². The summed E-state index contributed by atoms with van der Waals surface area (Å²) in [6.45, 7) is 5.51. The Kier molecular flexibility index (Phi) is 5.62. The number of hydrogen-bond acceptors (Lipinski definition) is 3. The predicted octanol–water partition coefficient (Wildman–Crippen LogP) is 2.30. The van der Waals surface area contributed by atoms with Gasteiger partial charge >= 0.3 is 0 Å². The van der Waals surface area contributed by atoms with Crippen molar-refractivity contribution < 1.29 is 9.53 Å². The molecular formula is C16H23ClN2O2. The van der Waals surface area contributed by atoms with Crippen LogP contribution >= 0.6 is 11.6 Å². The van der Waals surface area contributed by atoms with Gasteiger partial charge in [-0.1, -0.05) is 17.7 Å². The topological polar surface area (TPSA) is 32.8 Å². The molecule has 1 unspecified atom stereocenters. The maximum absolute atomic E-state index is 12.8. The summed E-state index contributed by atoms with van der Waals surface area (Å²) in [4.78, 5) is 16.8. The van der Waals surface area contributed by atoms with Crippen molar-refractivity contribution in [3.8, 4) is 0 Å². The van der Waals surface area contributed by atoms with Crippen molar-refractivity contribution in [3.05, 3.63) is 34.3 Å². The molecule has 116 valence electrons. The molecule has 1 aliphatic rings. The number of amides is 1. The van der Waals surface area contributed by atoms with Crippen molar-refractivity contribution in [1.82, 2.24) is 9.80 Å². The standard InChI is InChI=1S/C16H23ClN2O2/c1-12-4-5-14(17)8-15(12)16(20)19-6-7-21-11-13(10-19)9-18(2)3/h4-5,8,13H,6-7,9-11H2,1-3H3. The van der Waals surface area contributed by atoms with Crippen LogP contribution in [-0.2, 0) is 4.74 Å². The van der Waals surface area contributed by atoms with Gasteiger partial charge in [-0.2, -0.15) is 0 Å². The average Bonchev–Trinajstić information content (AvgIpc) is 2.65. The van der Waals surface area contributed by atoms with E-state index in [0.717, 1.165) is 18.7 Å². The molecule has 21 heavy (non-hydrogen) atoms. The Bertz CT molecular complexity index is 505. The number of carbonyl (C=O) groups is 1. The number of rotatable bonds is 3. The average molecular weight is 311 g/mol. The molecule has 1 aromatic rings. The predicted molar refractivity (Wildman–Crippen MR) is 85.0 cm³/mol. The summed E-state index contributed by atoms with van der Waals surface area (Å²) in [5.41, 5.74) is 1.65. The van der Waals surface area contributed by atoms with E-state index >= 15 is 0 Å². The second-order valence-electron chi connectivity index (χ2n) is 5.91. The first-order valence-corrected chi connectivity index (χ1v) is 7.63.